The predicted octanol–water partition coefficient (Wildman–Crippen LogP) is 2.79. The summed E-state index contributed by atoms with van der Waals surface area (Å²) in [7, 11) is 3.95. The molecule has 1 amide bonds. The molecule has 22 heavy (non-hydrogen) atoms. The first-order chi connectivity index (χ1) is 10.5. The quantitative estimate of drug-likeness (QED) is 0.860. The van der Waals surface area contributed by atoms with Gasteiger partial charge < -0.3 is 15.5 Å². The van der Waals surface area contributed by atoms with Crippen molar-refractivity contribution in [3.8, 4) is 0 Å². The summed E-state index contributed by atoms with van der Waals surface area (Å²) in [4.78, 5) is 18.3. The van der Waals surface area contributed by atoms with Gasteiger partial charge in [0, 0.05) is 24.2 Å². The van der Waals surface area contributed by atoms with Crippen molar-refractivity contribution in [3.05, 3.63) is 40.4 Å². The molecule has 0 fully saturated rings. The molecule has 0 bridgehead atoms. The number of carbonyl (C=O) groups excluding carboxylic acids is 1. The lowest BCUT2D eigenvalue weighted by Gasteiger charge is -2.09. The van der Waals surface area contributed by atoms with Gasteiger partial charge in [-0.25, -0.2) is 4.98 Å². The molecule has 6 heteroatoms. The topological polar surface area (TPSA) is 57.3 Å². The fourth-order valence-corrected chi connectivity index (χ4v) is 2.57. The molecule has 0 spiro atoms. The number of thiazole rings is 1. The summed E-state index contributed by atoms with van der Waals surface area (Å²) >= 11 is 1.43. The van der Waals surface area contributed by atoms with Crippen LogP contribution in [0, 0.1) is 13.8 Å². The Morgan fingerprint density at radius 1 is 1.27 bits per heavy atom. The number of hydrogen-bond donors (Lipinski definition) is 2. The van der Waals surface area contributed by atoms with E-state index in [1.165, 1.54) is 22.5 Å². The van der Waals surface area contributed by atoms with E-state index in [9.17, 15) is 4.79 Å². The summed E-state index contributed by atoms with van der Waals surface area (Å²) < 4.78 is 0. The molecule has 2 rings (SSSR count). The molecule has 0 radical (unpaired) electrons. The molecule has 5 nitrogen and oxygen atoms in total. The van der Waals surface area contributed by atoms with Crippen LogP contribution in [0.3, 0.4) is 0 Å². The lowest BCUT2D eigenvalue weighted by Crippen LogP contribution is -2.31. The van der Waals surface area contributed by atoms with Crippen LogP contribution in [0.5, 0.6) is 0 Å². The van der Waals surface area contributed by atoms with Crippen LogP contribution >= 0.6 is 11.3 Å². The van der Waals surface area contributed by atoms with Gasteiger partial charge in [0.05, 0.1) is 0 Å². The summed E-state index contributed by atoms with van der Waals surface area (Å²) in [5, 5.41) is 8.60. The summed E-state index contributed by atoms with van der Waals surface area (Å²) in [6, 6.07) is 6.16. The number of benzene rings is 1. The SMILES string of the molecule is Cc1ccc(Nc2nc(C(=O)NCCN(C)C)cs2)cc1C. The average molecular weight is 318 g/mol. The number of aryl methyl sites for hydroxylation is 2. The normalized spacial score (nSPS) is 10.8. The van der Waals surface area contributed by atoms with Crippen LogP contribution in [0.15, 0.2) is 23.6 Å². The standard InChI is InChI=1S/C16H22N4OS/c1-11-5-6-13(9-12(11)2)18-16-19-14(10-22-16)15(21)17-7-8-20(3)4/h5-6,9-10H,7-8H2,1-4H3,(H,17,21)(H,18,19). The van der Waals surface area contributed by atoms with Crippen molar-refractivity contribution in [2.45, 2.75) is 13.8 Å². The molecule has 0 atom stereocenters. The Kier molecular flexibility index (Phi) is 5.51. The molecule has 0 aliphatic rings. The first-order valence-electron chi connectivity index (χ1n) is 7.18. The fraction of sp³-hybridized carbons (Fsp3) is 0.375. The van der Waals surface area contributed by atoms with Gasteiger partial charge >= 0.3 is 0 Å². The fourth-order valence-electron chi connectivity index (χ4n) is 1.86. The molecule has 0 unspecified atom stereocenters. The zero-order valence-electron chi connectivity index (χ0n) is 13.4. The molecule has 118 valence electrons. The molecule has 0 saturated carbocycles. The molecular formula is C16H22N4OS. The van der Waals surface area contributed by atoms with E-state index in [1.54, 1.807) is 5.38 Å². The van der Waals surface area contributed by atoms with Crippen LogP contribution in [0.4, 0.5) is 10.8 Å². The van der Waals surface area contributed by atoms with Gasteiger partial charge in [0.25, 0.3) is 5.91 Å². The maximum absolute atomic E-state index is 12.0. The number of carbonyl (C=O) groups is 1. The largest absolute Gasteiger partial charge is 0.349 e. The number of aromatic nitrogens is 1. The molecule has 0 aliphatic carbocycles. The van der Waals surface area contributed by atoms with Crippen LogP contribution in [-0.2, 0) is 0 Å². The third-order valence-electron chi connectivity index (χ3n) is 3.34. The Balaban J connectivity index is 1.96. The van der Waals surface area contributed by atoms with Crippen LogP contribution in [0.25, 0.3) is 0 Å². The number of amides is 1. The van der Waals surface area contributed by atoms with E-state index in [0.717, 1.165) is 17.4 Å². The zero-order valence-corrected chi connectivity index (χ0v) is 14.3. The number of likely N-dealkylation sites (N-methyl/N-ethyl adjacent to an activating group) is 1. The van der Waals surface area contributed by atoms with Crippen molar-refractivity contribution >= 4 is 28.1 Å². The van der Waals surface area contributed by atoms with Crippen molar-refractivity contribution < 1.29 is 4.79 Å². The molecule has 2 N–H and O–H groups in total. The third kappa shape index (κ3) is 4.54. The summed E-state index contributed by atoms with van der Waals surface area (Å²) in [5.74, 6) is -0.133. The first kappa shape index (κ1) is 16.5. The number of nitrogens with one attached hydrogen (secondary N) is 2. The molecule has 1 aromatic heterocycles. The van der Waals surface area contributed by atoms with Crippen molar-refractivity contribution in [2.24, 2.45) is 0 Å². The summed E-state index contributed by atoms with van der Waals surface area (Å²) in [5.41, 5.74) is 3.92. The molecule has 2 aromatic rings. The zero-order chi connectivity index (χ0) is 16.1. The second-order valence-corrected chi connectivity index (χ2v) is 6.38. The van der Waals surface area contributed by atoms with Gasteiger partial charge in [-0.3, -0.25) is 4.79 Å². The molecular weight excluding hydrogens is 296 g/mol. The Morgan fingerprint density at radius 2 is 2.05 bits per heavy atom. The highest BCUT2D eigenvalue weighted by Crippen LogP contribution is 2.22. The Morgan fingerprint density at radius 3 is 2.73 bits per heavy atom. The highest BCUT2D eigenvalue weighted by Gasteiger charge is 2.10. The van der Waals surface area contributed by atoms with Gasteiger partial charge in [-0.05, 0) is 51.2 Å². The van der Waals surface area contributed by atoms with Crippen molar-refractivity contribution in [2.75, 3.05) is 32.5 Å². The predicted molar refractivity (Wildman–Crippen MR) is 92.2 cm³/mol. The first-order valence-corrected chi connectivity index (χ1v) is 8.06. The summed E-state index contributed by atoms with van der Waals surface area (Å²) in [6.07, 6.45) is 0. The number of hydrogen-bond acceptors (Lipinski definition) is 5. The van der Waals surface area contributed by atoms with Crippen molar-refractivity contribution in [1.29, 1.82) is 0 Å². The molecule has 0 aliphatic heterocycles. The molecule has 0 saturated heterocycles. The van der Waals surface area contributed by atoms with Gasteiger partial charge in [-0.15, -0.1) is 11.3 Å². The number of rotatable bonds is 6. The highest BCUT2D eigenvalue weighted by atomic mass is 32.1. The third-order valence-corrected chi connectivity index (χ3v) is 4.10. The van der Waals surface area contributed by atoms with Gasteiger partial charge in [0.2, 0.25) is 0 Å². The van der Waals surface area contributed by atoms with Crippen LogP contribution in [0.1, 0.15) is 21.6 Å². The Bertz CT molecular complexity index is 651. The molecule has 1 aromatic carbocycles. The summed E-state index contributed by atoms with van der Waals surface area (Å²) in [6.45, 7) is 5.58. The Labute approximate surface area is 135 Å². The van der Waals surface area contributed by atoms with E-state index in [-0.39, 0.29) is 5.91 Å². The minimum absolute atomic E-state index is 0.133. The van der Waals surface area contributed by atoms with Gasteiger partial charge in [-0.2, -0.15) is 0 Å². The van der Waals surface area contributed by atoms with Crippen molar-refractivity contribution in [3.63, 3.8) is 0 Å². The van der Waals surface area contributed by atoms with E-state index in [1.807, 2.05) is 25.1 Å². The lowest BCUT2D eigenvalue weighted by atomic mass is 10.1. The minimum Gasteiger partial charge on any atom is -0.349 e. The van der Waals surface area contributed by atoms with Gasteiger partial charge in [0.15, 0.2) is 5.13 Å². The average Bonchev–Trinajstić information content (AvgIpc) is 2.91. The maximum atomic E-state index is 12.0. The van der Waals surface area contributed by atoms with Crippen molar-refractivity contribution in [1.82, 2.24) is 15.2 Å². The highest BCUT2D eigenvalue weighted by molar-refractivity contribution is 7.14. The Hall–Kier alpha value is -1.92. The lowest BCUT2D eigenvalue weighted by molar-refractivity contribution is 0.0947. The van der Waals surface area contributed by atoms with Crippen LogP contribution in [0.2, 0.25) is 0 Å². The monoisotopic (exact) mass is 318 g/mol. The van der Waals surface area contributed by atoms with E-state index in [0.29, 0.717) is 12.2 Å². The smallest absolute Gasteiger partial charge is 0.270 e. The number of anilines is 2. The van der Waals surface area contributed by atoms with E-state index in [4.69, 9.17) is 0 Å². The number of nitrogens with zero attached hydrogens (tertiary/aromatic N) is 2. The van der Waals surface area contributed by atoms with E-state index >= 15 is 0 Å². The molecule has 1 heterocycles. The maximum Gasteiger partial charge on any atom is 0.270 e. The van der Waals surface area contributed by atoms with Gasteiger partial charge in [-0.1, -0.05) is 6.07 Å². The van der Waals surface area contributed by atoms with Crippen LogP contribution < -0.4 is 10.6 Å². The second-order valence-electron chi connectivity index (χ2n) is 5.52. The minimum atomic E-state index is -0.133. The second kappa shape index (κ2) is 7.38. The van der Waals surface area contributed by atoms with E-state index < -0.39 is 0 Å². The van der Waals surface area contributed by atoms with E-state index in [2.05, 4.69) is 41.6 Å². The van der Waals surface area contributed by atoms with Gasteiger partial charge in [0.1, 0.15) is 5.69 Å². The van der Waals surface area contributed by atoms with Crippen LogP contribution in [-0.4, -0.2) is 43.0 Å².